The van der Waals surface area contributed by atoms with E-state index in [0.29, 0.717) is 11.8 Å². The topological polar surface area (TPSA) is 24.9 Å². The summed E-state index contributed by atoms with van der Waals surface area (Å²) in [6, 6.07) is 6.50. The van der Waals surface area contributed by atoms with E-state index in [1.807, 2.05) is 6.21 Å². The highest BCUT2D eigenvalue weighted by molar-refractivity contribution is 5.76. The number of nitrogens with zero attached hydrogens (tertiary/aromatic N) is 1. The molecule has 1 aromatic carbocycles. The lowest BCUT2D eigenvalue weighted by atomic mass is 9.93. The van der Waals surface area contributed by atoms with Gasteiger partial charge in [-0.3, -0.25) is 4.99 Å². The molecule has 1 aromatic rings. The van der Waals surface area contributed by atoms with Crippen LogP contribution < -0.4 is 0 Å². The molecular weight excluding hydrogens is 222 g/mol. The van der Waals surface area contributed by atoms with Gasteiger partial charge in [0, 0.05) is 6.21 Å². The van der Waals surface area contributed by atoms with Gasteiger partial charge in [0.25, 0.3) is 0 Å². The summed E-state index contributed by atoms with van der Waals surface area (Å²) in [4.78, 5) is 4.73. The molecule has 98 valence electrons. The second-order valence-electron chi connectivity index (χ2n) is 5.95. The summed E-state index contributed by atoms with van der Waals surface area (Å²) >= 11 is 0. The maximum absolute atomic E-state index is 5.37. The van der Waals surface area contributed by atoms with Crippen LogP contribution in [0.2, 0.25) is 0 Å². The van der Waals surface area contributed by atoms with Crippen molar-refractivity contribution in [3.8, 4) is 0 Å². The van der Waals surface area contributed by atoms with Crippen LogP contribution in [0.15, 0.2) is 23.2 Å². The van der Waals surface area contributed by atoms with Crippen molar-refractivity contribution in [2.45, 2.75) is 52.1 Å². The number of hydrogen-bond acceptors (Lipinski definition) is 2. The van der Waals surface area contributed by atoms with E-state index in [-0.39, 0.29) is 5.60 Å². The van der Waals surface area contributed by atoms with E-state index in [0.717, 1.165) is 12.3 Å². The largest absolute Gasteiger partial charge is 0.364 e. The van der Waals surface area contributed by atoms with Crippen molar-refractivity contribution in [3.05, 3.63) is 29.3 Å². The van der Waals surface area contributed by atoms with Crippen molar-refractivity contribution < 1.29 is 4.74 Å². The second kappa shape index (κ2) is 4.85. The summed E-state index contributed by atoms with van der Waals surface area (Å²) < 4.78 is 5.37. The van der Waals surface area contributed by atoms with Crippen molar-refractivity contribution >= 4 is 11.9 Å². The third kappa shape index (κ3) is 2.81. The minimum absolute atomic E-state index is 0.127. The van der Waals surface area contributed by atoms with Gasteiger partial charge in [-0.1, -0.05) is 45.9 Å². The number of epoxide rings is 1. The van der Waals surface area contributed by atoms with Crippen LogP contribution in [0.3, 0.4) is 0 Å². The van der Waals surface area contributed by atoms with Crippen LogP contribution in [-0.2, 0) is 4.74 Å². The number of hydrogen-bond donors (Lipinski definition) is 0. The quantitative estimate of drug-likeness (QED) is 0.569. The second-order valence-corrected chi connectivity index (χ2v) is 5.95. The Morgan fingerprint density at radius 2 is 1.67 bits per heavy atom. The molecule has 2 rings (SSSR count). The fourth-order valence-electron chi connectivity index (χ4n) is 2.05. The molecule has 1 aliphatic rings. The molecule has 0 amide bonds. The van der Waals surface area contributed by atoms with Gasteiger partial charge < -0.3 is 4.74 Å². The summed E-state index contributed by atoms with van der Waals surface area (Å²) in [5.74, 6) is 0.979. The highest BCUT2D eigenvalue weighted by atomic mass is 16.6. The molecule has 1 saturated heterocycles. The molecule has 2 nitrogen and oxygen atoms in total. The molecule has 18 heavy (non-hydrogen) atoms. The third-order valence-electron chi connectivity index (χ3n) is 3.41. The van der Waals surface area contributed by atoms with E-state index in [4.69, 9.17) is 9.73 Å². The predicted octanol–water partition coefficient (Wildman–Crippen LogP) is 4.42. The van der Waals surface area contributed by atoms with Crippen LogP contribution in [0, 0.1) is 0 Å². The summed E-state index contributed by atoms with van der Waals surface area (Å²) in [5.41, 5.74) is 3.65. The van der Waals surface area contributed by atoms with Crippen molar-refractivity contribution in [1.29, 1.82) is 0 Å². The van der Waals surface area contributed by atoms with Gasteiger partial charge >= 0.3 is 0 Å². The summed E-state index contributed by atoms with van der Waals surface area (Å²) in [7, 11) is 0. The molecule has 1 unspecified atom stereocenters. The zero-order chi connectivity index (χ0) is 13.3. The highest BCUT2D eigenvalue weighted by Gasteiger charge is 2.37. The first kappa shape index (κ1) is 13.3. The molecule has 2 heteroatoms. The van der Waals surface area contributed by atoms with E-state index < -0.39 is 0 Å². The lowest BCUT2D eigenvalue weighted by Gasteiger charge is -2.16. The average Bonchev–Trinajstić information content (AvgIpc) is 3.04. The minimum Gasteiger partial charge on any atom is -0.364 e. The molecule has 0 saturated carbocycles. The van der Waals surface area contributed by atoms with Gasteiger partial charge in [0.2, 0.25) is 0 Å². The summed E-state index contributed by atoms with van der Waals surface area (Å²) in [6.07, 6.45) is 1.96. The molecule has 0 bridgehead atoms. The number of ether oxygens (including phenoxy) is 1. The molecule has 0 spiro atoms. The first-order valence-corrected chi connectivity index (χ1v) is 6.75. The molecule has 1 heterocycles. The van der Waals surface area contributed by atoms with Gasteiger partial charge in [-0.2, -0.15) is 0 Å². The van der Waals surface area contributed by atoms with Gasteiger partial charge in [-0.15, -0.1) is 0 Å². The van der Waals surface area contributed by atoms with Crippen LogP contribution in [-0.4, -0.2) is 18.4 Å². The smallest absolute Gasteiger partial charge is 0.124 e. The van der Waals surface area contributed by atoms with Crippen molar-refractivity contribution in [1.82, 2.24) is 0 Å². The Hall–Kier alpha value is -1.15. The fourth-order valence-corrected chi connectivity index (χ4v) is 2.05. The highest BCUT2D eigenvalue weighted by Crippen LogP contribution is 2.35. The third-order valence-corrected chi connectivity index (χ3v) is 3.41. The summed E-state index contributed by atoms with van der Waals surface area (Å²) in [5, 5.41) is 0. The molecule has 0 N–H and O–H groups in total. The van der Waals surface area contributed by atoms with Crippen molar-refractivity contribution in [2.75, 3.05) is 6.61 Å². The van der Waals surface area contributed by atoms with Gasteiger partial charge in [0.1, 0.15) is 5.60 Å². The Morgan fingerprint density at radius 3 is 2.06 bits per heavy atom. The first-order chi connectivity index (χ1) is 8.43. The molecule has 1 atom stereocenters. The molecule has 0 aliphatic carbocycles. The first-order valence-electron chi connectivity index (χ1n) is 6.75. The average molecular weight is 245 g/mol. The standard InChI is InChI=1S/C16H23NO/c1-11(2)13-7-6-8-14(12(3)4)15(13)17-9-16(5)10-18-16/h6-9,11-12H,10H2,1-5H3. The predicted molar refractivity (Wildman–Crippen MR) is 77.1 cm³/mol. The maximum atomic E-state index is 5.37. The van der Waals surface area contributed by atoms with Gasteiger partial charge in [0.15, 0.2) is 0 Å². The van der Waals surface area contributed by atoms with Gasteiger partial charge in [0.05, 0.1) is 12.3 Å². The Bertz CT molecular complexity index is 430. The van der Waals surface area contributed by atoms with E-state index in [2.05, 4.69) is 52.8 Å². The Balaban J connectivity index is 2.43. The number of benzene rings is 1. The van der Waals surface area contributed by atoms with Crippen LogP contribution in [0.4, 0.5) is 5.69 Å². The number of aliphatic imine (C=N–C) groups is 1. The fraction of sp³-hybridized carbons (Fsp3) is 0.562. The van der Waals surface area contributed by atoms with Gasteiger partial charge in [-0.25, -0.2) is 0 Å². The van der Waals surface area contributed by atoms with Crippen molar-refractivity contribution in [2.24, 2.45) is 4.99 Å². The Labute approximate surface area is 110 Å². The number of rotatable bonds is 4. The lowest BCUT2D eigenvalue weighted by molar-refractivity contribution is 0.389. The van der Waals surface area contributed by atoms with Crippen LogP contribution in [0.25, 0.3) is 0 Å². The molecule has 1 fully saturated rings. The van der Waals surface area contributed by atoms with E-state index in [1.165, 1.54) is 11.1 Å². The molecular formula is C16H23NO. The van der Waals surface area contributed by atoms with Crippen LogP contribution in [0.5, 0.6) is 0 Å². The van der Waals surface area contributed by atoms with Crippen LogP contribution >= 0.6 is 0 Å². The normalized spacial score (nSPS) is 23.3. The lowest BCUT2D eigenvalue weighted by Crippen LogP contribution is -2.05. The van der Waals surface area contributed by atoms with Crippen molar-refractivity contribution in [3.63, 3.8) is 0 Å². The maximum Gasteiger partial charge on any atom is 0.124 e. The zero-order valence-corrected chi connectivity index (χ0v) is 12.0. The van der Waals surface area contributed by atoms with Gasteiger partial charge in [-0.05, 0) is 29.9 Å². The zero-order valence-electron chi connectivity index (χ0n) is 12.0. The SMILES string of the molecule is CC(C)c1cccc(C(C)C)c1N=CC1(C)CO1. The monoisotopic (exact) mass is 245 g/mol. The van der Waals surface area contributed by atoms with E-state index in [9.17, 15) is 0 Å². The molecule has 1 aliphatic heterocycles. The summed E-state index contributed by atoms with van der Waals surface area (Å²) in [6.45, 7) is 11.7. The molecule has 0 aromatic heterocycles. The van der Waals surface area contributed by atoms with E-state index in [1.54, 1.807) is 0 Å². The van der Waals surface area contributed by atoms with E-state index >= 15 is 0 Å². The Kier molecular flexibility index (Phi) is 3.58. The number of para-hydroxylation sites is 1. The van der Waals surface area contributed by atoms with Crippen LogP contribution in [0.1, 0.15) is 57.6 Å². The minimum atomic E-state index is -0.127. The Morgan fingerprint density at radius 1 is 1.17 bits per heavy atom. The molecule has 0 radical (unpaired) electrons.